The van der Waals surface area contributed by atoms with E-state index >= 15 is 0 Å². The second-order valence-electron chi connectivity index (χ2n) is 4.28. The van der Waals surface area contributed by atoms with Gasteiger partial charge in [0.1, 0.15) is 0 Å². The Morgan fingerprint density at radius 1 is 1.07 bits per heavy atom. The molecular weight excluding hydrogens is 180 g/mol. The van der Waals surface area contributed by atoms with Gasteiger partial charge in [-0.3, -0.25) is 0 Å². The summed E-state index contributed by atoms with van der Waals surface area (Å²) in [5.41, 5.74) is 1.45. The van der Waals surface area contributed by atoms with Crippen LogP contribution in [0.25, 0.3) is 10.8 Å². The predicted octanol–water partition coefficient (Wildman–Crippen LogP) is 4.24. The molecule has 0 heterocycles. The monoisotopic (exact) mass is 197 g/mol. The van der Waals surface area contributed by atoms with Gasteiger partial charge in [0.2, 0.25) is 0 Å². The molecule has 15 heavy (non-hydrogen) atoms. The molecular formula is C15H17. The third kappa shape index (κ3) is 2.38. The Hall–Kier alpha value is -1.30. The van der Waals surface area contributed by atoms with Gasteiger partial charge in [0.05, 0.1) is 0 Å². The van der Waals surface area contributed by atoms with Crippen molar-refractivity contribution in [1.29, 1.82) is 0 Å². The summed E-state index contributed by atoms with van der Waals surface area (Å²) in [5.74, 6) is 0.531. The quantitative estimate of drug-likeness (QED) is 0.690. The van der Waals surface area contributed by atoms with Crippen LogP contribution >= 0.6 is 0 Å². The van der Waals surface area contributed by atoms with E-state index < -0.39 is 0 Å². The first-order valence-electron chi connectivity index (χ1n) is 5.57. The molecule has 0 saturated heterocycles. The standard InChI is InChI=1S/C15H17/c1-12(2)10-11-14-8-5-7-13-6-3-4-9-15(13)14/h3-9,12H,1,10-11H2,2H3. The van der Waals surface area contributed by atoms with E-state index in [-0.39, 0.29) is 0 Å². The summed E-state index contributed by atoms with van der Waals surface area (Å²) in [6.07, 6.45) is 2.29. The highest BCUT2D eigenvalue weighted by Gasteiger charge is 2.01. The van der Waals surface area contributed by atoms with Gasteiger partial charge in [0.25, 0.3) is 0 Å². The summed E-state index contributed by atoms with van der Waals surface area (Å²) in [5, 5.41) is 2.73. The fourth-order valence-electron chi connectivity index (χ4n) is 1.91. The second-order valence-corrected chi connectivity index (χ2v) is 4.28. The minimum atomic E-state index is 0.531. The normalized spacial score (nSPS) is 11.1. The molecule has 1 radical (unpaired) electrons. The maximum atomic E-state index is 4.03. The van der Waals surface area contributed by atoms with Gasteiger partial charge < -0.3 is 0 Å². The summed E-state index contributed by atoms with van der Waals surface area (Å²) < 4.78 is 0. The number of hydrogen-bond donors (Lipinski definition) is 0. The highest BCUT2D eigenvalue weighted by molar-refractivity contribution is 5.85. The topological polar surface area (TPSA) is 0 Å². The van der Waals surface area contributed by atoms with E-state index in [1.807, 2.05) is 0 Å². The van der Waals surface area contributed by atoms with Gasteiger partial charge in [-0.2, -0.15) is 0 Å². The van der Waals surface area contributed by atoms with E-state index in [0.717, 1.165) is 12.8 Å². The molecule has 0 nitrogen and oxygen atoms in total. The van der Waals surface area contributed by atoms with Crippen molar-refractivity contribution >= 4 is 10.8 Å². The number of benzene rings is 2. The Morgan fingerprint density at radius 2 is 1.80 bits per heavy atom. The maximum absolute atomic E-state index is 4.03. The summed E-state index contributed by atoms with van der Waals surface area (Å²) in [4.78, 5) is 0. The number of rotatable bonds is 3. The minimum absolute atomic E-state index is 0.531. The van der Waals surface area contributed by atoms with E-state index in [4.69, 9.17) is 0 Å². The van der Waals surface area contributed by atoms with Crippen LogP contribution in [-0.2, 0) is 6.42 Å². The van der Waals surface area contributed by atoms with Gasteiger partial charge in [-0.25, -0.2) is 0 Å². The fourth-order valence-corrected chi connectivity index (χ4v) is 1.91. The van der Waals surface area contributed by atoms with Crippen LogP contribution in [0.2, 0.25) is 0 Å². The van der Waals surface area contributed by atoms with Crippen molar-refractivity contribution < 1.29 is 0 Å². The van der Waals surface area contributed by atoms with E-state index in [0.29, 0.717) is 5.92 Å². The highest BCUT2D eigenvalue weighted by atomic mass is 14.1. The Balaban J connectivity index is 2.34. The van der Waals surface area contributed by atoms with E-state index in [9.17, 15) is 0 Å². The SMILES string of the molecule is [CH2]C(C)CCc1cccc2ccccc12. The lowest BCUT2D eigenvalue weighted by molar-refractivity contribution is 0.646. The van der Waals surface area contributed by atoms with Crippen molar-refractivity contribution in [2.24, 2.45) is 5.92 Å². The van der Waals surface area contributed by atoms with E-state index in [2.05, 4.69) is 56.3 Å². The average Bonchev–Trinajstić information content (AvgIpc) is 2.26. The zero-order valence-corrected chi connectivity index (χ0v) is 9.24. The van der Waals surface area contributed by atoms with Crippen LogP contribution in [0, 0.1) is 12.8 Å². The van der Waals surface area contributed by atoms with Crippen molar-refractivity contribution in [3.8, 4) is 0 Å². The molecule has 0 aliphatic rings. The van der Waals surface area contributed by atoms with Crippen molar-refractivity contribution in [2.75, 3.05) is 0 Å². The van der Waals surface area contributed by atoms with Crippen LogP contribution in [0.4, 0.5) is 0 Å². The molecule has 0 amide bonds. The molecule has 0 saturated carbocycles. The smallest absolute Gasteiger partial charge is 0.0152 e. The van der Waals surface area contributed by atoms with Crippen LogP contribution in [0.5, 0.6) is 0 Å². The Kier molecular flexibility index (Phi) is 3.05. The minimum Gasteiger partial charge on any atom is -0.0625 e. The number of hydrogen-bond acceptors (Lipinski definition) is 0. The largest absolute Gasteiger partial charge is 0.0625 e. The van der Waals surface area contributed by atoms with E-state index in [1.54, 1.807) is 0 Å². The molecule has 0 spiro atoms. The van der Waals surface area contributed by atoms with Crippen molar-refractivity contribution in [2.45, 2.75) is 19.8 Å². The molecule has 2 aromatic carbocycles. The summed E-state index contributed by atoms with van der Waals surface area (Å²) in [7, 11) is 0. The maximum Gasteiger partial charge on any atom is -0.0152 e. The number of fused-ring (bicyclic) bond motifs is 1. The van der Waals surface area contributed by atoms with Crippen LogP contribution in [0.3, 0.4) is 0 Å². The molecule has 0 bridgehead atoms. The van der Waals surface area contributed by atoms with Gasteiger partial charge >= 0.3 is 0 Å². The average molecular weight is 197 g/mol. The van der Waals surface area contributed by atoms with Gasteiger partial charge in [-0.1, -0.05) is 56.3 Å². The van der Waals surface area contributed by atoms with Crippen LogP contribution in [0.1, 0.15) is 18.9 Å². The zero-order chi connectivity index (χ0) is 10.7. The van der Waals surface area contributed by atoms with Crippen molar-refractivity contribution in [1.82, 2.24) is 0 Å². The van der Waals surface area contributed by atoms with Crippen molar-refractivity contribution in [3.05, 3.63) is 55.0 Å². The molecule has 1 unspecified atom stereocenters. The third-order valence-electron chi connectivity index (χ3n) is 2.79. The van der Waals surface area contributed by atoms with Crippen molar-refractivity contribution in [3.63, 3.8) is 0 Å². The van der Waals surface area contributed by atoms with Gasteiger partial charge in [0.15, 0.2) is 0 Å². The first-order valence-corrected chi connectivity index (χ1v) is 5.57. The van der Waals surface area contributed by atoms with Crippen LogP contribution in [-0.4, -0.2) is 0 Å². The first kappa shape index (κ1) is 10.2. The summed E-state index contributed by atoms with van der Waals surface area (Å²) in [6.45, 7) is 6.21. The van der Waals surface area contributed by atoms with Gasteiger partial charge in [-0.05, 0) is 35.1 Å². The Bertz CT molecular complexity index is 435. The number of aryl methyl sites for hydroxylation is 1. The molecule has 2 aromatic rings. The Morgan fingerprint density at radius 3 is 2.60 bits per heavy atom. The van der Waals surface area contributed by atoms with Gasteiger partial charge in [0, 0.05) is 0 Å². The fraction of sp³-hybridized carbons (Fsp3) is 0.267. The van der Waals surface area contributed by atoms with Gasteiger partial charge in [-0.15, -0.1) is 0 Å². The molecule has 2 rings (SSSR count). The second kappa shape index (κ2) is 4.48. The lowest BCUT2D eigenvalue weighted by atomic mass is 9.97. The molecule has 0 fully saturated rings. The molecule has 0 heteroatoms. The summed E-state index contributed by atoms with van der Waals surface area (Å²) >= 11 is 0. The molecule has 0 aliphatic carbocycles. The molecule has 0 aromatic heterocycles. The molecule has 0 N–H and O–H groups in total. The Labute approximate surface area is 91.9 Å². The molecule has 77 valence electrons. The zero-order valence-electron chi connectivity index (χ0n) is 9.24. The van der Waals surface area contributed by atoms with E-state index in [1.165, 1.54) is 16.3 Å². The molecule has 1 atom stereocenters. The third-order valence-corrected chi connectivity index (χ3v) is 2.79. The highest BCUT2D eigenvalue weighted by Crippen LogP contribution is 2.20. The lowest BCUT2D eigenvalue weighted by Gasteiger charge is -2.08. The lowest BCUT2D eigenvalue weighted by Crippen LogP contribution is -1.93. The predicted molar refractivity (Wildman–Crippen MR) is 66.8 cm³/mol. The summed E-state index contributed by atoms with van der Waals surface area (Å²) in [6, 6.07) is 15.1. The molecule has 0 aliphatic heterocycles. The van der Waals surface area contributed by atoms with Crippen LogP contribution in [0.15, 0.2) is 42.5 Å². The van der Waals surface area contributed by atoms with Crippen LogP contribution < -0.4 is 0 Å². The first-order chi connectivity index (χ1) is 7.27.